The van der Waals surface area contributed by atoms with Crippen LogP contribution in [-0.4, -0.2) is 25.8 Å². The maximum absolute atomic E-state index is 11.4. The number of alkyl halides is 1. The molecule has 0 aliphatic carbocycles. The van der Waals surface area contributed by atoms with Crippen LogP contribution in [0.4, 0.5) is 0 Å². The van der Waals surface area contributed by atoms with Crippen molar-refractivity contribution in [3.63, 3.8) is 0 Å². The Morgan fingerprint density at radius 1 is 1.24 bits per heavy atom. The highest BCUT2D eigenvalue weighted by atomic mass is 35.5. The third-order valence-corrected chi connectivity index (χ3v) is 5.07. The smallest absolute Gasteiger partial charge is 0.150 e. The molecule has 1 aromatic rings. The molecule has 1 aromatic carbocycles. The van der Waals surface area contributed by atoms with Crippen molar-refractivity contribution >= 4 is 21.4 Å². The van der Waals surface area contributed by atoms with Gasteiger partial charge in [-0.15, -0.1) is 11.6 Å². The Morgan fingerprint density at radius 2 is 1.88 bits per heavy atom. The van der Waals surface area contributed by atoms with Gasteiger partial charge in [-0.1, -0.05) is 37.3 Å². The molecule has 2 nitrogen and oxygen atoms in total. The molecule has 0 saturated carbocycles. The van der Waals surface area contributed by atoms with Gasteiger partial charge >= 0.3 is 0 Å². The first-order valence-corrected chi connectivity index (χ1v) is 8.26. The van der Waals surface area contributed by atoms with E-state index in [-0.39, 0.29) is 17.4 Å². The third kappa shape index (κ3) is 5.09. The fourth-order valence-corrected chi connectivity index (χ4v) is 2.98. The van der Waals surface area contributed by atoms with Gasteiger partial charge < -0.3 is 0 Å². The molecule has 0 bridgehead atoms. The topological polar surface area (TPSA) is 34.1 Å². The predicted octanol–water partition coefficient (Wildman–Crippen LogP) is 3.22. The number of sulfone groups is 1. The average molecular weight is 275 g/mol. The predicted molar refractivity (Wildman–Crippen MR) is 73.5 cm³/mol. The maximum atomic E-state index is 11.4. The van der Waals surface area contributed by atoms with Crippen molar-refractivity contribution in [1.29, 1.82) is 0 Å². The largest absolute Gasteiger partial charge is 0.229 e. The summed E-state index contributed by atoms with van der Waals surface area (Å²) in [5.41, 5.74) is 1.19. The third-order valence-electron chi connectivity index (χ3n) is 2.90. The van der Waals surface area contributed by atoms with Crippen LogP contribution < -0.4 is 0 Å². The minimum Gasteiger partial charge on any atom is -0.229 e. The van der Waals surface area contributed by atoms with Crippen LogP contribution in [-0.2, 0) is 9.84 Å². The van der Waals surface area contributed by atoms with Gasteiger partial charge in [0, 0.05) is 11.6 Å². The first-order chi connectivity index (χ1) is 8.09. The zero-order valence-electron chi connectivity index (χ0n) is 10.1. The first kappa shape index (κ1) is 14.5. The van der Waals surface area contributed by atoms with E-state index in [0.29, 0.717) is 12.3 Å². The molecule has 0 fully saturated rings. The molecule has 0 aliphatic rings. The van der Waals surface area contributed by atoms with Gasteiger partial charge in [0.15, 0.2) is 0 Å². The molecule has 1 atom stereocenters. The Hall–Kier alpha value is -0.540. The summed E-state index contributed by atoms with van der Waals surface area (Å²) in [7, 11) is -2.85. The van der Waals surface area contributed by atoms with Gasteiger partial charge in [-0.25, -0.2) is 8.42 Å². The summed E-state index contributed by atoms with van der Waals surface area (Å²) in [6.45, 7) is 1.69. The van der Waals surface area contributed by atoms with E-state index in [2.05, 4.69) is 0 Å². The highest BCUT2D eigenvalue weighted by Crippen LogP contribution is 2.22. The lowest BCUT2D eigenvalue weighted by molar-refractivity contribution is 0.587. The summed E-state index contributed by atoms with van der Waals surface area (Å²) in [4.78, 5) is 0. The normalized spacial score (nSPS) is 13.5. The number of halogens is 1. The molecular formula is C13H19ClO2S. The van der Waals surface area contributed by atoms with Crippen LogP contribution in [0.15, 0.2) is 30.3 Å². The number of rotatable bonds is 7. The van der Waals surface area contributed by atoms with Crippen molar-refractivity contribution in [3.05, 3.63) is 35.9 Å². The van der Waals surface area contributed by atoms with Crippen LogP contribution in [0, 0.1) is 0 Å². The number of hydrogen-bond acceptors (Lipinski definition) is 2. The fourth-order valence-electron chi connectivity index (χ4n) is 1.75. The zero-order chi connectivity index (χ0) is 12.7. The van der Waals surface area contributed by atoms with E-state index in [0.717, 1.165) is 6.42 Å². The Morgan fingerprint density at radius 3 is 2.41 bits per heavy atom. The molecule has 0 amide bonds. The minimum atomic E-state index is -2.85. The van der Waals surface area contributed by atoms with E-state index in [1.165, 1.54) is 5.56 Å². The fraction of sp³-hybridized carbons (Fsp3) is 0.538. The van der Waals surface area contributed by atoms with E-state index in [4.69, 9.17) is 11.6 Å². The van der Waals surface area contributed by atoms with Crippen LogP contribution in [0.5, 0.6) is 0 Å². The Balaban J connectivity index is 2.50. The lowest BCUT2D eigenvalue weighted by Crippen LogP contribution is -2.10. The second kappa shape index (κ2) is 7.02. The summed E-state index contributed by atoms with van der Waals surface area (Å²) >= 11 is 5.94. The summed E-state index contributed by atoms with van der Waals surface area (Å²) in [6, 6.07) is 10.0. The van der Waals surface area contributed by atoms with Gasteiger partial charge in [-0.05, 0) is 24.3 Å². The molecular weight excluding hydrogens is 256 g/mol. The van der Waals surface area contributed by atoms with E-state index in [1.807, 2.05) is 30.3 Å². The Labute approximate surface area is 109 Å². The van der Waals surface area contributed by atoms with Crippen LogP contribution in [0.3, 0.4) is 0 Å². The highest BCUT2D eigenvalue weighted by Gasteiger charge is 2.12. The second-order valence-electron chi connectivity index (χ2n) is 4.14. The van der Waals surface area contributed by atoms with Gasteiger partial charge in [0.05, 0.1) is 5.75 Å². The standard InChI is InChI=1S/C13H19ClO2S/c1-2-17(15,16)10-6-9-13(11-14)12-7-4-3-5-8-12/h3-5,7-8,13H,2,6,9-11H2,1H3. The van der Waals surface area contributed by atoms with Crippen molar-refractivity contribution in [2.24, 2.45) is 0 Å². The Bertz CT molecular complexity index is 414. The van der Waals surface area contributed by atoms with Gasteiger partial charge in [-0.2, -0.15) is 0 Å². The lowest BCUT2D eigenvalue weighted by atomic mass is 9.97. The molecule has 0 spiro atoms. The van der Waals surface area contributed by atoms with Gasteiger partial charge in [0.25, 0.3) is 0 Å². The average Bonchev–Trinajstić information content (AvgIpc) is 2.36. The van der Waals surface area contributed by atoms with E-state index < -0.39 is 9.84 Å². The van der Waals surface area contributed by atoms with Crippen LogP contribution >= 0.6 is 11.6 Å². The van der Waals surface area contributed by atoms with E-state index in [1.54, 1.807) is 6.92 Å². The minimum absolute atomic E-state index is 0.226. The first-order valence-electron chi connectivity index (χ1n) is 5.90. The van der Waals surface area contributed by atoms with Crippen molar-refractivity contribution in [3.8, 4) is 0 Å². The van der Waals surface area contributed by atoms with Crippen molar-refractivity contribution in [1.82, 2.24) is 0 Å². The molecule has 1 unspecified atom stereocenters. The summed E-state index contributed by atoms with van der Waals surface area (Å²) in [5, 5.41) is 0. The monoisotopic (exact) mass is 274 g/mol. The molecule has 0 saturated heterocycles. The van der Waals surface area contributed by atoms with Crippen molar-refractivity contribution < 1.29 is 8.42 Å². The van der Waals surface area contributed by atoms with E-state index in [9.17, 15) is 8.42 Å². The van der Waals surface area contributed by atoms with Crippen molar-refractivity contribution in [2.75, 3.05) is 17.4 Å². The SMILES string of the molecule is CCS(=O)(=O)CCCC(CCl)c1ccccc1. The molecule has 0 radical (unpaired) electrons. The Kier molecular flexibility index (Phi) is 6.00. The molecule has 0 N–H and O–H groups in total. The quantitative estimate of drug-likeness (QED) is 0.716. The molecule has 0 aliphatic heterocycles. The lowest BCUT2D eigenvalue weighted by Gasteiger charge is -2.13. The van der Waals surface area contributed by atoms with Gasteiger partial charge in [0.2, 0.25) is 0 Å². The molecule has 0 aromatic heterocycles. The molecule has 17 heavy (non-hydrogen) atoms. The van der Waals surface area contributed by atoms with Crippen LogP contribution in [0.1, 0.15) is 31.2 Å². The highest BCUT2D eigenvalue weighted by molar-refractivity contribution is 7.91. The number of hydrogen-bond donors (Lipinski definition) is 0. The van der Waals surface area contributed by atoms with Crippen molar-refractivity contribution in [2.45, 2.75) is 25.7 Å². The zero-order valence-corrected chi connectivity index (χ0v) is 11.7. The molecule has 1 rings (SSSR count). The maximum Gasteiger partial charge on any atom is 0.150 e. The molecule has 96 valence electrons. The van der Waals surface area contributed by atoms with Gasteiger partial charge in [0.1, 0.15) is 9.84 Å². The van der Waals surface area contributed by atoms with Crippen LogP contribution in [0.2, 0.25) is 0 Å². The summed E-state index contributed by atoms with van der Waals surface area (Å²) in [5.74, 6) is 1.29. The summed E-state index contributed by atoms with van der Waals surface area (Å²) < 4.78 is 22.7. The summed E-state index contributed by atoms with van der Waals surface area (Å²) in [6.07, 6.45) is 1.51. The van der Waals surface area contributed by atoms with E-state index >= 15 is 0 Å². The number of benzene rings is 1. The molecule has 4 heteroatoms. The van der Waals surface area contributed by atoms with Crippen LogP contribution in [0.25, 0.3) is 0 Å². The second-order valence-corrected chi connectivity index (χ2v) is 6.92. The molecule has 0 heterocycles. The van der Waals surface area contributed by atoms with Gasteiger partial charge in [-0.3, -0.25) is 0 Å².